The molecule has 0 aliphatic heterocycles. The van der Waals surface area contributed by atoms with Crippen molar-refractivity contribution in [3.63, 3.8) is 0 Å². The van der Waals surface area contributed by atoms with Crippen LogP contribution in [-0.4, -0.2) is 0 Å². The Morgan fingerprint density at radius 1 is 1.20 bits per heavy atom. The Hall–Kier alpha value is -0.0100. The molecule has 15 heavy (non-hydrogen) atoms. The van der Waals surface area contributed by atoms with Crippen molar-refractivity contribution in [3.8, 4) is 0 Å². The lowest BCUT2D eigenvalue weighted by Gasteiger charge is -2.28. The third kappa shape index (κ3) is 3.49. The summed E-state index contributed by atoms with van der Waals surface area (Å²) in [4.78, 5) is 1.46. The van der Waals surface area contributed by atoms with Crippen LogP contribution in [0.5, 0.6) is 0 Å². The Kier molecular flexibility index (Phi) is 5.14. The standard InChI is InChI=1S/C13H21ClS/c1-4-6-10-13(3,9-5-2)11-7-8-12(14)15-11/h7-8H,4-6,9-10H2,1-3H3. The highest BCUT2D eigenvalue weighted by Crippen LogP contribution is 2.39. The SMILES string of the molecule is CCCCC(C)(CCC)c1ccc(Cl)s1. The van der Waals surface area contributed by atoms with Gasteiger partial charge in [-0.05, 0) is 25.0 Å². The van der Waals surface area contributed by atoms with Gasteiger partial charge < -0.3 is 0 Å². The lowest BCUT2D eigenvalue weighted by Crippen LogP contribution is -2.20. The maximum Gasteiger partial charge on any atom is 0.0931 e. The van der Waals surface area contributed by atoms with Gasteiger partial charge in [0.15, 0.2) is 0 Å². The van der Waals surface area contributed by atoms with E-state index in [2.05, 4.69) is 26.8 Å². The van der Waals surface area contributed by atoms with E-state index >= 15 is 0 Å². The zero-order valence-corrected chi connectivity index (χ0v) is 11.5. The zero-order chi connectivity index (χ0) is 11.3. The molecule has 0 aliphatic carbocycles. The van der Waals surface area contributed by atoms with Gasteiger partial charge in [-0.3, -0.25) is 0 Å². The van der Waals surface area contributed by atoms with Gasteiger partial charge in [-0.1, -0.05) is 51.6 Å². The number of thiophene rings is 1. The van der Waals surface area contributed by atoms with Crippen LogP contribution in [0.15, 0.2) is 12.1 Å². The van der Waals surface area contributed by atoms with Crippen LogP contribution in [0.1, 0.15) is 57.8 Å². The summed E-state index contributed by atoms with van der Waals surface area (Å²) >= 11 is 7.77. The molecule has 86 valence electrons. The molecule has 0 radical (unpaired) electrons. The van der Waals surface area contributed by atoms with Crippen LogP contribution < -0.4 is 0 Å². The summed E-state index contributed by atoms with van der Waals surface area (Å²) in [6.07, 6.45) is 6.39. The first-order valence-electron chi connectivity index (χ1n) is 5.88. The smallest absolute Gasteiger partial charge is 0.0931 e. The maximum atomic E-state index is 6.02. The zero-order valence-electron chi connectivity index (χ0n) is 9.98. The highest BCUT2D eigenvalue weighted by atomic mass is 35.5. The molecule has 0 nitrogen and oxygen atoms in total. The Balaban J connectivity index is 2.79. The molecule has 0 saturated carbocycles. The van der Waals surface area contributed by atoms with Crippen molar-refractivity contribution in [2.24, 2.45) is 0 Å². The molecule has 0 amide bonds. The van der Waals surface area contributed by atoms with Crippen molar-refractivity contribution in [2.45, 2.75) is 58.3 Å². The van der Waals surface area contributed by atoms with Crippen LogP contribution in [0.25, 0.3) is 0 Å². The number of hydrogen-bond donors (Lipinski definition) is 0. The van der Waals surface area contributed by atoms with Gasteiger partial charge in [-0.15, -0.1) is 11.3 Å². The average molecular weight is 245 g/mol. The fourth-order valence-electron chi connectivity index (χ4n) is 2.13. The average Bonchev–Trinajstić information content (AvgIpc) is 2.63. The quantitative estimate of drug-likeness (QED) is 0.607. The van der Waals surface area contributed by atoms with Gasteiger partial charge in [0.1, 0.15) is 0 Å². The summed E-state index contributed by atoms with van der Waals surface area (Å²) in [6.45, 7) is 6.90. The second-order valence-corrected chi connectivity index (χ2v) is 6.23. The molecule has 1 aromatic rings. The molecule has 1 heterocycles. The largest absolute Gasteiger partial charge is 0.128 e. The molecular formula is C13H21ClS. The molecule has 0 aromatic carbocycles. The Morgan fingerprint density at radius 2 is 1.93 bits per heavy atom. The second kappa shape index (κ2) is 5.91. The Labute approximate surface area is 103 Å². The maximum absolute atomic E-state index is 6.02. The monoisotopic (exact) mass is 244 g/mol. The van der Waals surface area contributed by atoms with E-state index in [0.717, 1.165) is 4.34 Å². The minimum absolute atomic E-state index is 0.350. The molecule has 0 N–H and O–H groups in total. The molecule has 2 heteroatoms. The molecule has 0 saturated heterocycles. The fourth-order valence-corrected chi connectivity index (χ4v) is 3.37. The van der Waals surface area contributed by atoms with Gasteiger partial charge in [0.2, 0.25) is 0 Å². The van der Waals surface area contributed by atoms with Crippen LogP contribution in [-0.2, 0) is 5.41 Å². The minimum atomic E-state index is 0.350. The first-order chi connectivity index (χ1) is 7.12. The van der Waals surface area contributed by atoms with Crippen molar-refractivity contribution in [1.29, 1.82) is 0 Å². The molecule has 0 bridgehead atoms. The van der Waals surface area contributed by atoms with E-state index in [9.17, 15) is 0 Å². The van der Waals surface area contributed by atoms with Crippen LogP contribution in [0.3, 0.4) is 0 Å². The van der Waals surface area contributed by atoms with Crippen LogP contribution in [0, 0.1) is 0 Å². The number of rotatable bonds is 6. The van der Waals surface area contributed by atoms with Gasteiger partial charge in [-0.25, -0.2) is 0 Å². The van der Waals surface area contributed by atoms with Gasteiger partial charge in [0.05, 0.1) is 4.34 Å². The third-order valence-electron chi connectivity index (χ3n) is 3.05. The van der Waals surface area contributed by atoms with Crippen molar-refractivity contribution in [3.05, 3.63) is 21.3 Å². The molecule has 0 spiro atoms. The van der Waals surface area contributed by atoms with Gasteiger partial charge in [-0.2, -0.15) is 0 Å². The molecule has 0 aliphatic rings. The molecule has 1 atom stereocenters. The summed E-state index contributed by atoms with van der Waals surface area (Å²) < 4.78 is 0.920. The van der Waals surface area contributed by atoms with Crippen LogP contribution in [0.2, 0.25) is 4.34 Å². The van der Waals surface area contributed by atoms with E-state index in [1.54, 1.807) is 11.3 Å². The predicted molar refractivity (Wildman–Crippen MR) is 71.1 cm³/mol. The fraction of sp³-hybridized carbons (Fsp3) is 0.692. The predicted octanol–water partition coefficient (Wildman–Crippen LogP) is 5.65. The normalized spacial score (nSPS) is 15.2. The third-order valence-corrected chi connectivity index (χ3v) is 4.59. The first kappa shape index (κ1) is 13.1. The van der Waals surface area contributed by atoms with Crippen molar-refractivity contribution >= 4 is 22.9 Å². The van der Waals surface area contributed by atoms with E-state index in [1.807, 2.05) is 6.07 Å². The van der Waals surface area contributed by atoms with Crippen LogP contribution >= 0.6 is 22.9 Å². The van der Waals surface area contributed by atoms with Crippen molar-refractivity contribution < 1.29 is 0 Å². The topological polar surface area (TPSA) is 0 Å². The van der Waals surface area contributed by atoms with Crippen LogP contribution in [0.4, 0.5) is 0 Å². The Bertz CT molecular complexity index is 292. The summed E-state index contributed by atoms with van der Waals surface area (Å²) in [5.41, 5.74) is 0.350. The van der Waals surface area contributed by atoms with Crippen molar-refractivity contribution in [1.82, 2.24) is 0 Å². The van der Waals surface area contributed by atoms with E-state index in [4.69, 9.17) is 11.6 Å². The van der Waals surface area contributed by atoms with Crippen molar-refractivity contribution in [2.75, 3.05) is 0 Å². The second-order valence-electron chi connectivity index (χ2n) is 4.52. The lowest BCUT2D eigenvalue weighted by atomic mass is 9.79. The molecule has 0 fully saturated rings. The van der Waals surface area contributed by atoms with E-state index < -0.39 is 0 Å². The summed E-state index contributed by atoms with van der Waals surface area (Å²) in [5, 5.41) is 0. The van der Waals surface area contributed by atoms with Gasteiger partial charge >= 0.3 is 0 Å². The summed E-state index contributed by atoms with van der Waals surface area (Å²) in [6, 6.07) is 4.24. The minimum Gasteiger partial charge on any atom is -0.128 e. The molecular weight excluding hydrogens is 224 g/mol. The summed E-state index contributed by atoms with van der Waals surface area (Å²) in [5.74, 6) is 0. The molecule has 1 rings (SSSR count). The Morgan fingerprint density at radius 3 is 2.40 bits per heavy atom. The molecule has 1 aromatic heterocycles. The lowest BCUT2D eigenvalue weighted by molar-refractivity contribution is 0.390. The number of unbranched alkanes of at least 4 members (excludes halogenated alkanes) is 1. The highest BCUT2D eigenvalue weighted by Gasteiger charge is 2.26. The van der Waals surface area contributed by atoms with E-state index in [0.29, 0.717) is 5.41 Å². The number of halogens is 1. The highest BCUT2D eigenvalue weighted by molar-refractivity contribution is 7.16. The number of hydrogen-bond acceptors (Lipinski definition) is 1. The van der Waals surface area contributed by atoms with E-state index in [1.165, 1.54) is 37.0 Å². The first-order valence-corrected chi connectivity index (χ1v) is 7.07. The molecule has 1 unspecified atom stereocenters. The van der Waals surface area contributed by atoms with E-state index in [-0.39, 0.29) is 0 Å². The summed E-state index contributed by atoms with van der Waals surface area (Å²) in [7, 11) is 0. The van der Waals surface area contributed by atoms with Gasteiger partial charge in [0, 0.05) is 10.3 Å². The van der Waals surface area contributed by atoms with Gasteiger partial charge in [0.25, 0.3) is 0 Å².